The number of amides is 2. The van der Waals surface area contributed by atoms with Crippen molar-refractivity contribution in [3.63, 3.8) is 0 Å². The van der Waals surface area contributed by atoms with E-state index in [0.29, 0.717) is 16.9 Å². The number of esters is 2. The molecule has 2 amide bonds. The molecule has 0 aromatic heterocycles. The zero-order valence-electron chi connectivity index (χ0n) is 15.5. The number of carbonyl (C=O) groups excluding carboxylic acids is 4. The minimum Gasteiger partial charge on any atom is -0.465 e. The number of fused-ring (bicyclic) bond motifs is 1. The molecule has 0 unspecified atom stereocenters. The molecule has 2 aromatic rings. The van der Waals surface area contributed by atoms with E-state index in [2.05, 4.69) is 15.4 Å². The molecule has 8 nitrogen and oxygen atoms in total. The predicted octanol–water partition coefficient (Wildman–Crippen LogP) is 2.46. The van der Waals surface area contributed by atoms with Crippen LogP contribution in [0.4, 0.5) is 11.4 Å². The summed E-state index contributed by atoms with van der Waals surface area (Å²) < 4.78 is 9.57. The van der Waals surface area contributed by atoms with Crippen LogP contribution in [0.2, 0.25) is 0 Å². The number of benzene rings is 2. The lowest BCUT2D eigenvalue weighted by atomic mass is 10.2. The zero-order chi connectivity index (χ0) is 20.8. The van der Waals surface area contributed by atoms with Crippen molar-refractivity contribution in [1.29, 1.82) is 0 Å². The van der Waals surface area contributed by atoms with Crippen LogP contribution in [0.3, 0.4) is 0 Å². The number of carbonyl (C=O) groups is 4. The summed E-state index contributed by atoms with van der Waals surface area (Å²) in [6.07, 6.45) is -0.147. The van der Waals surface area contributed by atoms with Crippen LogP contribution in [-0.2, 0) is 23.9 Å². The minimum absolute atomic E-state index is 0.147. The van der Waals surface area contributed by atoms with Crippen molar-refractivity contribution in [1.82, 2.24) is 0 Å². The van der Waals surface area contributed by atoms with Crippen LogP contribution in [0, 0.1) is 0 Å². The van der Waals surface area contributed by atoms with E-state index in [4.69, 9.17) is 4.74 Å². The summed E-state index contributed by atoms with van der Waals surface area (Å²) in [6.45, 7) is -0.479. The Hall–Kier alpha value is -3.33. The summed E-state index contributed by atoms with van der Waals surface area (Å²) in [5.74, 6) is -1.94. The van der Waals surface area contributed by atoms with Gasteiger partial charge in [0.05, 0.1) is 30.0 Å². The van der Waals surface area contributed by atoms with Gasteiger partial charge in [-0.05, 0) is 36.4 Å². The second kappa shape index (κ2) is 9.24. The Labute approximate surface area is 170 Å². The molecule has 29 heavy (non-hydrogen) atoms. The number of para-hydroxylation sites is 1. The maximum Gasteiger partial charge on any atom is 0.337 e. The number of rotatable bonds is 6. The van der Waals surface area contributed by atoms with E-state index < -0.39 is 29.7 Å². The fourth-order valence-electron chi connectivity index (χ4n) is 2.59. The van der Waals surface area contributed by atoms with Crippen molar-refractivity contribution >= 4 is 46.9 Å². The van der Waals surface area contributed by atoms with Crippen LogP contribution in [0.25, 0.3) is 0 Å². The topological polar surface area (TPSA) is 111 Å². The minimum atomic E-state index is -0.645. The van der Waals surface area contributed by atoms with Crippen molar-refractivity contribution in [3.05, 3.63) is 54.1 Å². The molecule has 0 fully saturated rings. The number of nitrogens with one attached hydrogen (secondary N) is 2. The van der Waals surface area contributed by atoms with Crippen LogP contribution in [0.1, 0.15) is 16.8 Å². The number of methoxy groups -OCH3 is 1. The van der Waals surface area contributed by atoms with Crippen molar-refractivity contribution < 1.29 is 28.7 Å². The van der Waals surface area contributed by atoms with Gasteiger partial charge in [0, 0.05) is 10.6 Å². The number of hydrogen-bond acceptors (Lipinski definition) is 7. The third-order valence-electron chi connectivity index (χ3n) is 4.01. The number of ether oxygens (including phenoxy) is 2. The first-order chi connectivity index (χ1) is 14.0. The summed E-state index contributed by atoms with van der Waals surface area (Å²) >= 11 is 1.28. The van der Waals surface area contributed by atoms with Crippen molar-refractivity contribution in [3.8, 4) is 0 Å². The van der Waals surface area contributed by atoms with E-state index in [1.807, 2.05) is 18.2 Å². The van der Waals surface area contributed by atoms with Gasteiger partial charge in [-0.25, -0.2) is 4.79 Å². The first-order valence-corrected chi connectivity index (χ1v) is 9.54. The van der Waals surface area contributed by atoms with Crippen LogP contribution in [-0.4, -0.2) is 42.7 Å². The molecule has 0 aliphatic carbocycles. The fraction of sp³-hybridized carbons (Fsp3) is 0.200. The Morgan fingerprint density at radius 3 is 2.55 bits per heavy atom. The molecule has 1 aliphatic heterocycles. The molecule has 1 aliphatic rings. The molecule has 3 rings (SSSR count). The molecule has 9 heteroatoms. The molecule has 1 heterocycles. The zero-order valence-corrected chi connectivity index (χ0v) is 16.3. The Bertz CT molecular complexity index is 944. The van der Waals surface area contributed by atoms with Gasteiger partial charge >= 0.3 is 11.9 Å². The van der Waals surface area contributed by atoms with Crippen molar-refractivity contribution in [2.45, 2.75) is 16.6 Å². The summed E-state index contributed by atoms with van der Waals surface area (Å²) in [5.41, 5.74) is 1.50. The van der Waals surface area contributed by atoms with Gasteiger partial charge in [0.15, 0.2) is 6.61 Å². The molecule has 2 aromatic carbocycles. The van der Waals surface area contributed by atoms with E-state index in [1.54, 1.807) is 6.07 Å². The van der Waals surface area contributed by atoms with E-state index in [9.17, 15) is 19.2 Å². The monoisotopic (exact) mass is 414 g/mol. The smallest absolute Gasteiger partial charge is 0.337 e. The first-order valence-electron chi connectivity index (χ1n) is 8.66. The highest BCUT2D eigenvalue weighted by atomic mass is 32.2. The van der Waals surface area contributed by atoms with Crippen LogP contribution < -0.4 is 10.6 Å². The van der Waals surface area contributed by atoms with Gasteiger partial charge < -0.3 is 20.1 Å². The molecule has 0 saturated heterocycles. The molecular formula is C20H18N2O6S. The Morgan fingerprint density at radius 1 is 1.10 bits per heavy atom. The van der Waals surface area contributed by atoms with Gasteiger partial charge in [-0.15, -0.1) is 11.8 Å². The van der Waals surface area contributed by atoms with Gasteiger partial charge in [0.2, 0.25) is 5.91 Å². The van der Waals surface area contributed by atoms with Gasteiger partial charge in [0.25, 0.3) is 5.91 Å². The molecule has 0 radical (unpaired) electrons. The lowest BCUT2D eigenvalue weighted by Crippen LogP contribution is -2.32. The second-order valence-corrected chi connectivity index (χ2v) is 7.32. The normalized spacial score (nSPS) is 14.9. The summed E-state index contributed by atoms with van der Waals surface area (Å²) in [7, 11) is 1.28. The Balaban J connectivity index is 1.46. The summed E-state index contributed by atoms with van der Waals surface area (Å²) in [6, 6.07) is 13.4. The summed E-state index contributed by atoms with van der Waals surface area (Å²) in [5, 5.41) is 4.68. The molecule has 2 N–H and O–H groups in total. The van der Waals surface area contributed by atoms with Gasteiger partial charge in [-0.1, -0.05) is 12.1 Å². The van der Waals surface area contributed by atoms with E-state index in [-0.39, 0.29) is 12.3 Å². The first kappa shape index (κ1) is 20.4. The highest BCUT2D eigenvalue weighted by molar-refractivity contribution is 8.01. The van der Waals surface area contributed by atoms with Crippen LogP contribution in [0.15, 0.2) is 53.4 Å². The van der Waals surface area contributed by atoms with Gasteiger partial charge in [-0.2, -0.15) is 0 Å². The molecule has 0 spiro atoms. The van der Waals surface area contributed by atoms with Crippen LogP contribution in [0.5, 0.6) is 0 Å². The van der Waals surface area contributed by atoms with Crippen molar-refractivity contribution in [2.24, 2.45) is 0 Å². The Kier molecular flexibility index (Phi) is 6.50. The van der Waals surface area contributed by atoms with Crippen molar-refractivity contribution in [2.75, 3.05) is 24.4 Å². The molecular weight excluding hydrogens is 396 g/mol. The van der Waals surface area contributed by atoms with Crippen LogP contribution >= 0.6 is 11.8 Å². The van der Waals surface area contributed by atoms with E-state index >= 15 is 0 Å². The Morgan fingerprint density at radius 2 is 1.83 bits per heavy atom. The molecule has 1 atom stereocenters. The van der Waals surface area contributed by atoms with Gasteiger partial charge in [-0.3, -0.25) is 14.4 Å². The third-order valence-corrected chi connectivity index (χ3v) is 5.29. The highest BCUT2D eigenvalue weighted by Gasteiger charge is 2.29. The largest absolute Gasteiger partial charge is 0.465 e. The molecule has 0 bridgehead atoms. The SMILES string of the molecule is COC(=O)c1ccc(NC(=O)COC(=O)C[C@@H]2Sc3ccccc3NC2=O)cc1. The quantitative estimate of drug-likeness (QED) is 0.699. The highest BCUT2D eigenvalue weighted by Crippen LogP contribution is 2.36. The fourth-order valence-corrected chi connectivity index (χ4v) is 3.68. The third kappa shape index (κ3) is 5.35. The van der Waals surface area contributed by atoms with Gasteiger partial charge in [0.1, 0.15) is 0 Å². The molecule has 0 saturated carbocycles. The molecule has 150 valence electrons. The maximum atomic E-state index is 12.1. The van der Waals surface area contributed by atoms with E-state index in [1.165, 1.54) is 43.1 Å². The number of thioether (sulfide) groups is 1. The lowest BCUT2D eigenvalue weighted by Gasteiger charge is -2.23. The average molecular weight is 414 g/mol. The second-order valence-electron chi connectivity index (χ2n) is 6.07. The average Bonchev–Trinajstić information content (AvgIpc) is 2.73. The standard InChI is InChI=1S/C20H18N2O6S/c1-27-20(26)12-6-8-13(9-7-12)21-17(23)11-28-18(24)10-16-19(25)22-14-4-2-3-5-15(14)29-16/h2-9,16H,10-11H2,1H3,(H,21,23)(H,22,25)/t16-/m0/s1. The lowest BCUT2D eigenvalue weighted by molar-refractivity contribution is -0.147. The van der Waals surface area contributed by atoms with E-state index in [0.717, 1.165) is 4.90 Å². The summed E-state index contributed by atoms with van der Waals surface area (Å²) in [4.78, 5) is 48.4. The maximum absolute atomic E-state index is 12.1. The number of hydrogen-bond donors (Lipinski definition) is 2. The number of anilines is 2. The predicted molar refractivity (Wildman–Crippen MR) is 107 cm³/mol.